The number of rotatable bonds is 4. The monoisotopic (exact) mass is 742 g/mol. The summed E-state index contributed by atoms with van der Waals surface area (Å²) in [4.78, 5) is 17.3. The lowest BCUT2D eigenvalue weighted by molar-refractivity contribution is 0.669. The number of hydrogen-bond acceptors (Lipinski definition) is 5. The van der Waals surface area contributed by atoms with Gasteiger partial charge in [0.05, 0.1) is 16.8 Å². The normalized spacial score (nSPS) is 13.6. The maximum absolute atomic E-state index is 6.60. The molecule has 5 nitrogen and oxygen atoms in total. The molecule has 0 saturated heterocycles. The van der Waals surface area contributed by atoms with Gasteiger partial charge in [-0.25, -0.2) is 15.0 Å². The number of fused-ring (bicyclic) bond motifs is 11. The van der Waals surface area contributed by atoms with E-state index in [1.165, 1.54) is 44.8 Å². The minimum atomic E-state index is -0.465. The minimum absolute atomic E-state index is 0.465. The summed E-state index contributed by atoms with van der Waals surface area (Å²) in [6, 6.07) is 68.9. The van der Waals surface area contributed by atoms with Crippen molar-refractivity contribution in [1.82, 2.24) is 15.0 Å². The highest BCUT2D eigenvalue weighted by Gasteiger charge is 2.49. The van der Waals surface area contributed by atoms with Crippen LogP contribution in [0.4, 0.5) is 17.1 Å². The molecular formula is C53H34N4O. The summed E-state index contributed by atoms with van der Waals surface area (Å²) in [5.74, 6) is 1.85. The molecule has 1 spiro atoms. The average molecular weight is 743 g/mol. The van der Waals surface area contributed by atoms with Gasteiger partial charge in [0.2, 0.25) is 0 Å². The summed E-state index contributed by atoms with van der Waals surface area (Å²) in [7, 11) is 0. The highest BCUT2D eigenvalue weighted by atomic mass is 16.3. The van der Waals surface area contributed by atoms with Gasteiger partial charge >= 0.3 is 0 Å². The van der Waals surface area contributed by atoms with Crippen LogP contribution in [0, 0.1) is 0 Å². The lowest BCUT2D eigenvalue weighted by Gasteiger charge is -2.49. The number of para-hydroxylation sites is 2. The average Bonchev–Trinajstić information content (AvgIpc) is 3.67. The molecule has 3 heterocycles. The van der Waals surface area contributed by atoms with E-state index in [2.05, 4.69) is 138 Å². The molecule has 0 N–H and O–H groups in total. The molecule has 0 saturated carbocycles. The van der Waals surface area contributed by atoms with Gasteiger partial charge < -0.3 is 9.32 Å². The third-order valence-corrected chi connectivity index (χ3v) is 12.0. The molecule has 58 heavy (non-hydrogen) atoms. The lowest BCUT2D eigenvalue weighted by Crippen LogP contribution is -2.41. The number of benzene rings is 8. The second-order valence-corrected chi connectivity index (χ2v) is 15.1. The zero-order valence-electron chi connectivity index (χ0n) is 31.4. The second kappa shape index (κ2) is 12.7. The van der Waals surface area contributed by atoms with Crippen LogP contribution in [0.3, 0.4) is 0 Å². The van der Waals surface area contributed by atoms with E-state index in [0.29, 0.717) is 17.5 Å². The van der Waals surface area contributed by atoms with Crippen LogP contribution in [0.5, 0.6) is 0 Å². The first-order valence-electron chi connectivity index (χ1n) is 19.7. The molecule has 5 heteroatoms. The number of furan rings is 1. The first-order valence-corrected chi connectivity index (χ1v) is 19.7. The van der Waals surface area contributed by atoms with Crippen LogP contribution in [0.2, 0.25) is 0 Å². The molecule has 1 aliphatic heterocycles. The molecule has 272 valence electrons. The first kappa shape index (κ1) is 32.6. The van der Waals surface area contributed by atoms with Crippen LogP contribution >= 0.6 is 0 Å². The van der Waals surface area contributed by atoms with Gasteiger partial charge in [-0.15, -0.1) is 0 Å². The molecule has 2 aliphatic rings. The third kappa shape index (κ3) is 4.80. The van der Waals surface area contributed by atoms with Gasteiger partial charge in [0.25, 0.3) is 0 Å². The third-order valence-electron chi connectivity index (χ3n) is 12.0. The minimum Gasteiger partial charge on any atom is -0.456 e. The number of aromatic nitrogens is 3. The standard InChI is InChI=1S/C53H34N4O/c1-3-15-34(16-4-1)50-54-51(35-17-5-2-6-18-35)56-52(55-50)38-27-29-40-41-33-39(28-30-48(41)58-49(40)32-38)57-46-25-13-11-23-44(46)53(45-24-12-14-26-47(45)57)42-21-9-7-19-36(42)31-37-20-8-10-22-43(37)53/h1-30,32-33H,31H2. The fourth-order valence-corrected chi connectivity index (χ4v) is 9.52. The van der Waals surface area contributed by atoms with Crippen molar-refractivity contribution in [3.05, 3.63) is 228 Å². The lowest BCUT2D eigenvalue weighted by atomic mass is 9.58. The Labute approximate surface area is 335 Å². The topological polar surface area (TPSA) is 55.1 Å². The van der Waals surface area contributed by atoms with Crippen LogP contribution in [0.1, 0.15) is 33.4 Å². The molecule has 2 aromatic heterocycles. The van der Waals surface area contributed by atoms with Gasteiger partial charge in [-0.1, -0.05) is 152 Å². The van der Waals surface area contributed by atoms with Crippen molar-refractivity contribution in [1.29, 1.82) is 0 Å². The Bertz CT molecular complexity index is 3070. The van der Waals surface area contributed by atoms with Crippen LogP contribution in [0.25, 0.3) is 56.1 Å². The quantitative estimate of drug-likeness (QED) is 0.180. The van der Waals surface area contributed by atoms with E-state index in [4.69, 9.17) is 19.4 Å². The molecule has 10 aromatic rings. The van der Waals surface area contributed by atoms with E-state index >= 15 is 0 Å². The maximum atomic E-state index is 6.60. The highest BCUT2D eigenvalue weighted by Crippen LogP contribution is 2.60. The highest BCUT2D eigenvalue weighted by molar-refractivity contribution is 6.08. The summed E-state index contributed by atoms with van der Waals surface area (Å²) in [6.07, 6.45) is 0.920. The van der Waals surface area contributed by atoms with E-state index in [1.807, 2.05) is 60.7 Å². The molecule has 0 amide bonds. The Kier molecular flexibility index (Phi) is 7.14. The molecule has 0 atom stereocenters. The Balaban J connectivity index is 1.02. The number of nitrogens with zero attached hydrogens (tertiary/aromatic N) is 4. The maximum Gasteiger partial charge on any atom is 0.164 e. The first-order chi connectivity index (χ1) is 28.7. The molecule has 0 unspecified atom stereocenters. The van der Waals surface area contributed by atoms with Gasteiger partial charge in [-0.3, -0.25) is 0 Å². The fourth-order valence-electron chi connectivity index (χ4n) is 9.52. The van der Waals surface area contributed by atoms with Crippen LogP contribution in [0.15, 0.2) is 199 Å². The number of anilines is 3. The van der Waals surface area contributed by atoms with Gasteiger partial charge in [0, 0.05) is 33.2 Å². The van der Waals surface area contributed by atoms with Gasteiger partial charge in [0.1, 0.15) is 11.2 Å². The fraction of sp³-hybridized carbons (Fsp3) is 0.0377. The molecule has 8 aromatic carbocycles. The van der Waals surface area contributed by atoms with Crippen molar-refractivity contribution in [2.24, 2.45) is 0 Å². The Morgan fingerprint density at radius 2 is 0.897 bits per heavy atom. The van der Waals surface area contributed by atoms with Gasteiger partial charge in [0.15, 0.2) is 17.5 Å². The number of hydrogen-bond donors (Lipinski definition) is 0. The Morgan fingerprint density at radius 1 is 0.397 bits per heavy atom. The van der Waals surface area contributed by atoms with Crippen molar-refractivity contribution in [2.75, 3.05) is 4.90 Å². The van der Waals surface area contributed by atoms with Gasteiger partial charge in [-0.2, -0.15) is 0 Å². The Hall–Kier alpha value is -7.63. The molecule has 12 rings (SSSR count). The van der Waals surface area contributed by atoms with Crippen LogP contribution in [-0.2, 0) is 11.8 Å². The summed E-state index contributed by atoms with van der Waals surface area (Å²) in [5.41, 5.74) is 15.3. The predicted molar refractivity (Wildman–Crippen MR) is 233 cm³/mol. The van der Waals surface area contributed by atoms with E-state index in [9.17, 15) is 0 Å². The van der Waals surface area contributed by atoms with E-state index in [-0.39, 0.29) is 0 Å². The predicted octanol–water partition coefficient (Wildman–Crippen LogP) is 12.8. The molecule has 0 fully saturated rings. The summed E-state index contributed by atoms with van der Waals surface area (Å²) >= 11 is 0. The summed E-state index contributed by atoms with van der Waals surface area (Å²) in [6.45, 7) is 0. The van der Waals surface area contributed by atoms with E-state index < -0.39 is 5.41 Å². The van der Waals surface area contributed by atoms with Gasteiger partial charge in [-0.05, 0) is 82.3 Å². The smallest absolute Gasteiger partial charge is 0.164 e. The second-order valence-electron chi connectivity index (χ2n) is 15.1. The Morgan fingerprint density at radius 3 is 1.48 bits per heavy atom. The molecule has 0 radical (unpaired) electrons. The van der Waals surface area contributed by atoms with Crippen LogP contribution in [-0.4, -0.2) is 15.0 Å². The van der Waals surface area contributed by atoms with E-state index in [0.717, 1.165) is 50.7 Å². The van der Waals surface area contributed by atoms with Crippen molar-refractivity contribution in [2.45, 2.75) is 11.8 Å². The summed E-state index contributed by atoms with van der Waals surface area (Å²) in [5, 5.41) is 2.08. The van der Waals surface area contributed by atoms with E-state index in [1.54, 1.807) is 0 Å². The SMILES string of the molecule is c1ccc(-c2nc(-c3ccccc3)nc(-c3ccc4c(c3)oc3ccc(N5c6ccccc6C6(c7ccccc7Cc7ccccc76)c6ccccc65)cc34)n2)cc1. The van der Waals surface area contributed by atoms with Crippen molar-refractivity contribution in [3.63, 3.8) is 0 Å². The molecular weight excluding hydrogens is 709 g/mol. The summed E-state index contributed by atoms with van der Waals surface area (Å²) < 4.78 is 6.60. The zero-order valence-corrected chi connectivity index (χ0v) is 31.4. The van der Waals surface area contributed by atoms with Crippen molar-refractivity contribution < 1.29 is 4.42 Å². The molecule has 0 bridgehead atoms. The molecule has 1 aliphatic carbocycles. The van der Waals surface area contributed by atoms with Crippen LogP contribution < -0.4 is 4.90 Å². The van der Waals surface area contributed by atoms with Crippen molar-refractivity contribution >= 4 is 39.0 Å². The zero-order chi connectivity index (χ0) is 38.2. The van der Waals surface area contributed by atoms with Crippen molar-refractivity contribution in [3.8, 4) is 34.2 Å². The largest absolute Gasteiger partial charge is 0.456 e.